The highest BCUT2D eigenvalue weighted by Gasteiger charge is 2.31. The fourth-order valence-electron chi connectivity index (χ4n) is 1.71. The SMILES string of the molecule is N[C@@H](CC(F)(F)F)c1cc(Br)c2c(c1)OCCO2. The average Bonchev–Trinajstić information content (AvgIpc) is 2.26. The molecule has 2 N–H and O–H groups in total. The second kappa shape index (κ2) is 4.97. The number of alkyl halides is 3. The minimum Gasteiger partial charge on any atom is -0.486 e. The summed E-state index contributed by atoms with van der Waals surface area (Å²) in [6.07, 6.45) is -5.36. The molecule has 1 heterocycles. The van der Waals surface area contributed by atoms with E-state index in [2.05, 4.69) is 15.9 Å². The maximum atomic E-state index is 12.3. The zero-order valence-electron chi connectivity index (χ0n) is 9.26. The Morgan fingerprint density at radius 3 is 2.61 bits per heavy atom. The van der Waals surface area contributed by atoms with Crippen molar-refractivity contribution in [3.8, 4) is 11.5 Å². The Bertz CT molecular complexity index is 451. The fraction of sp³-hybridized carbons (Fsp3) is 0.455. The van der Waals surface area contributed by atoms with Crippen molar-refractivity contribution in [2.75, 3.05) is 13.2 Å². The van der Waals surface area contributed by atoms with Gasteiger partial charge in [-0.25, -0.2) is 0 Å². The van der Waals surface area contributed by atoms with Crippen LogP contribution < -0.4 is 15.2 Å². The van der Waals surface area contributed by atoms with Crippen LogP contribution in [0.1, 0.15) is 18.0 Å². The van der Waals surface area contributed by atoms with Gasteiger partial charge in [0.2, 0.25) is 0 Å². The van der Waals surface area contributed by atoms with Gasteiger partial charge in [0.05, 0.1) is 10.9 Å². The molecule has 1 aliphatic rings. The van der Waals surface area contributed by atoms with E-state index in [0.29, 0.717) is 34.7 Å². The van der Waals surface area contributed by atoms with Crippen LogP contribution in [0, 0.1) is 0 Å². The van der Waals surface area contributed by atoms with Crippen molar-refractivity contribution in [1.82, 2.24) is 0 Å². The fourth-order valence-corrected chi connectivity index (χ4v) is 2.29. The number of fused-ring (bicyclic) bond motifs is 1. The van der Waals surface area contributed by atoms with Crippen molar-refractivity contribution < 1.29 is 22.6 Å². The second-order valence-corrected chi connectivity index (χ2v) is 4.81. The molecular formula is C11H11BrF3NO2. The summed E-state index contributed by atoms with van der Waals surface area (Å²) in [6, 6.07) is 1.91. The smallest absolute Gasteiger partial charge is 0.390 e. The van der Waals surface area contributed by atoms with Crippen molar-refractivity contribution in [3.05, 3.63) is 22.2 Å². The molecule has 1 aliphatic heterocycles. The molecule has 0 bridgehead atoms. The monoisotopic (exact) mass is 325 g/mol. The maximum absolute atomic E-state index is 12.3. The zero-order chi connectivity index (χ0) is 13.3. The molecule has 2 rings (SSSR count). The van der Waals surface area contributed by atoms with Gasteiger partial charge < -0.3 is 15.2 Å². The molecule has 18 heavy (non-hydrogen) atoms. The van der Waals surface area contributed by atoms with Gasteiger partial charge in [-0.3, -0.25) is 0 Å². The Morgan fingerprint density at radius 1 is 1.28 bits per heavy atom. The summed E-state index contributed by atoms with van der Waals surface area (Å²) in [7, 11) is 0. The van der Waals surface area contributed by atoms with Crippen LogP contribution in [0.3, 0.4) is 0 Å². The highest BCUT2D eigenvalue weighted by Crippen LogP contribution is 2.40. The molecule has 1 aromatic carbocycles. The van der Waals surface area contributed by atoms with Gasteiger partial charge in [-0.1, -0.05) is 0 Å². The van der Waals surface area contributed by atoms with E-state index in [9.17, 15) is 13.2 Å². The lowest BCUT2D eigenvalue weighted by Crippen LogP contribution is -2.21. The molecule has 100 valence electrons. The number of hydrogen-bond donors (Lipinski definition) is 1. The van der Waals surface area contributed by atoms with E-state index in [0.717, 1.165) is 0 Å². The third-order valence-corrected chi connectivity index (χ3v) is 3.09. The first-order chi connectivity index (χ1) is 8.37. The molecule has 0 aromatic heterocycles. The number of ether oxygens (including phenoxy) is 2. The highest BCUT2D eigenvalue weighted by molar-refractivity contribution is 9.10. The third kappa shape index (κ3) is 3.08. The number of halogens is 4. The summed E-state index contributed by atoms with van der Waals surface area (Å²) in [6.45, 7) is 0.789. The molecule has 0 radical (unpaired) electrons. The molecule has 0 spiro atoms. The minimum absolute atomic E-state index is 0.364. The summed E-state index contributed by atoms with van der Waals surface area (Å²) in [5.74, 6) is 0.924. The van der Waals surface area contributed by atoms with E-state index < -0.39 is 18.6 Å². The van der Waals surface area contributed by atoms with Crippen molar-refractivity contribution in [2.45, 2.75) is 18.6 Å². The Labute approximate surface area is 110 Å². The van der Waals surface area contributed by atoms with Crippen molar-refractivity contribution in [3.63, 3.8) is 0 Å². The molecule has 1 atom stereocenters. The first-order valence-corrected chi connectivity index (χ1v) is 6.07. The molecular weight excluding hydrogens is 315 g/mol. The first-order valence-electron chi connectivity index (χ1n) is 5.28. The summed E-state index contributed by atoms with van der Waals surface area (Å²) < 4.78 is 48.1. The van der Waals surface area contributed by atoms with Gasteiger partial charge in [0.25, 0.3) is 0 Å². The van der Waals surface area contributed by atoms with Gasteiger partial charge in [-0.15, -0.1) is 0 Å². The van der Waals surface area contributed by atoms with E-state index in [1.807, 2.05) is 0 Å². The lowest BCUT2D eigenvalue weighted by Gasteiger charge is -2.22. The third-order valence-electron chi connectivity index (χ3n) is 2.50. The number of rotatable bonds is 2. The highest BCUT2D eigenvalue weighted by atomic mass is 79.9. The predicted octanol–water partition coefficient (Wildman–Crippen LogP) is 3.17. The van der Waals surface area contributed by atoms with Gasteiger partial charge >= 0.3 is 6.18 Å². The van der Waals surface area contributed by atoms with Crippen LogP contribution in [-0.4, -0.2) is 19.4 Å². The maximum Gasteiger partial charge on any atom is 0.390 e. The summed E-state index contributed by atoms with van der Waals surface area (Å²) in [5.41, 5.74) is 5.91. The molecule has 3 nitrogen and oxygen atoms in total. The molecule has 0 fully saturated rings. The Hall–Kier alpha value is -0.950. The van der Waals surface area contributed by atoms with Gasteiger partial charge in [0.1, 0.15) is 13.2 Å². The van der Waals surface area contributed by atoms with Crippen LogP contribution in [0.15, 0.2) is 16.6 Å². The Kier molecular flexibility index (Phi) is 3.72. The van der Waals surface area contributed by atoms with Crippen LogP contribution >= 0.6 is 15.9 Å². The van der Waals surface area contributed by atoms with E-state index >= 15 is 0 Å². The largest absolute Gasteiger partial charge is 0.486 e. The van der Waals surface area contributed by atoms with E-state index in [-0.39, 0.29) is 0 Å². The molecule has 0 saturated heterocycles. The van der Waals surface area contributed by atoms with Crippen LogP contribution in [-0.2, 0) is 0 Å². The zero-order valence-corrected chi connectivity index (χ0v) is 10.8. The van der Waals surface area contributed by atoms with Gasteiger partial charge in [-0.05, 0) is 33.6 Å². The Morgan fingerprint density at radius 2 is 1.94 bits per heavy atom. The van der Waals surface area contributed by atoms with Crippen LogP contribution in [0.5, 0.6) is 11.5 Å². The predicted molar refractivity (Wildman–Crippen MR) is 62.7 cm³/mol. The van der Waals surface area contributed by atoms with E-state index in [1.54, 1.807) is 0 Å². The molecule has 0 unspecified atom stereocenters. The van der Waals surface area contributed by atoms with Crippen LogP contribution in [0.25, 0.3) is 0 Å². The number of benzene rings is 1. The summed E-state index contributed by atoms with van der Waals surface area (Å²) in [4.78, 5) is 0. The summed E-state index contributed by atoms with van der Waals surface area (Å²) >= 11 is 3.24. The normalized spacial score (nSPS) is 16.5. The number of nitrogens with two attached hydrogens (primary N) is 1. The topological polar surface area (TPSA) is 44.5 Å². The van der Waals surface area contributed by atoms with Crippen LogP contribution in [0.4, 0.5) is 13.2 Å². The van der Waals surface area contributed by atoms with Crippen molar-refractivity contribution in [2.24, 2.45) is 5.73 Å². The van der Waals surface area contributed by atoms with E-state index in [4.69, 9.17) is 15.2 Å². The molecule has 1 aromatic rings. The number of hydrogen-bond acceptors (Lipinski definition) is 3. The van der Waals surface area contributed by atoms with Gasteiger partial charge in [0, 0.05) is 6.04 Å². The molecule has 0 amide bonds. The van der Waals surface area contributed by atoms with Gasteiger partial charge in [0.15, 0.2) is 11.5 Å². The van der Waals surface area contributed by atoms with Crippen molar-refractivity contribution in [1.29, 1.82) is 0 Å². The van der Waals surface area contributed by atoms with Crippen molar-refractivity contribution >= 4 is 15.9 Å². The standard InChI is InChI=1S/C11H11BrF3NO2/c12-7-3-6(8(16)5-11(13,14)15)4-9-10(7)18-2-1-17-9/h3-4,8H,1-2,5,16H2/t8-/m0/s1. The lowest BCUT2D eigenvalue weighted by molar-refractivity contribution is -0.138. The second-order valence-electron chi connectivity index (χ2n) is 3.95. The molecule has 0 saturated carbocycles. The first kappa shape index (κ1) is 13.5. The van der Waals surface area contributed by atoms with Gasteiger partial charge in [-0.2, -0.15) is 13.2 Å². The van der Waals surface area contributed by atoms with E-state index in [1.165, 1.54) is 12.1 Å². The average molecular weight is 326 g/mol. The van der Waals surface area contributed by atoms with Crippen LogP contribution in [0.2, 0.25) is 0 Å². The summed E-state index contributed by atoms with van der Waals surface area (Å²) in [5, 5.41) is 0. The molecule has 0 aliphatic carbocycles. The minimum atomic E-state index is -4.29. The Balaban J connectivity index is 2.26. The quantitative estimate of drug-likeness (QED) is 0.908. The molecule has 7 heteroatoms. The lowest BCUT2D eigenvalue weighted by atomic mass is 10.0.